The molecule has 29 heavy (non-hydrogen) atoms. The zero-order valence-corrected chi connectivity index (χ0v) is 15.3. The third kappa shape index (κ3) is 3.47. The fraction of sp³-hybridized carbons (Fsp3) is 0.100. The van der Waals surface area contributed by atoms with Crippen molar-refractivity contribution >= 4 is 23.4 Å². The first-order valence-corrected chi connectivity index (χ1v) is 8.77. The quantitative estimate of drug-likeness (QED) is 0.584. The van der Waals surface area contributed by atoms with Gasteiger partial charge in [0.1, 0.15) is 5.69 Å². The molecule has 0 bridgehead atoms. The number of aromatic nitrogens is 2. The Hall–Kier alpha value is -3.26. The number of halogens is 4. The van der Waals surface area contributed by atoms with E-state index in [2.05, 4.69) is 9.97 Å². The van der Waals surface area contributed by atoms with E-state index in [4.69, 9.17) is 11.6 Å². The van der Waals surface area contributed by atoms with Gasteiger partial charge in [-0.05, 0) is 24.3 Å². The maximum absolute atomic E-state index is 12.7. The van der Waals surface area contributed by atoms with Gasteiger partial charge in [0.2, 0.25) is 0 Å². The van der Waals surface area contributed by atoms with Crippen LogP contribution in [0.25, 0.3) is 11.1 Å². The largest absolute Gasteiger partial charge is 0.433 e. The molecule has 0 radical (unpaired) electrons. The number of imide groups is 1. The van der Waals surface area contributed by atoms with E-state index in [0.29, 0.717) is 27.9 Å². The number of amides is 2. The number of rotatable bonds is 3. The summed E-state index contributed by atoms with van der Waals surface area (Å²) in [6.45, 7) is -0.0927. The molecule has 3 heterocycles. The van der Waals surface area contributed by atoms with Crippen molar-refractivity contribution < 1.29 is 22.8 Å². The summed E-state index contributed by atoms with van der Waals surface area (Å²) in [5.74, 6) is -0.861. The van der Waals surface area contributed by atoms with Crippen molar-refractivity contribution in [2.24, 2.45) is 0 Å². The zero-order chi connectivity index (χ0) is 20.8. The highest BCUT2D eigenvalue weighted by atomic mass is 35.5. The number of fused-ring (bicyclic) bond motifs is 1. The highest BCUT2D eigenvalue weighted by Gasteiger charge is 2.35. The second-order valence-corrected chi connectivity index (χ2v) is 6.73. The Balaban J connectivity index is 1.63. The molecule has 0 unspecified atom stereocenters. The monoisotopic (exact) mass is 417 g/mol. The molecule has 0 spiro atoms. The number of carbonyl (C=O) groups excluding carboxylic acids is 2. The summed E-state index contributed by atoms with van der Waals surface area (Å²) >= 11 is 6.15. The summed E-state index contributed by atoms with van der Waals surface area (Å²) in [6.07, 6.45) is -2.16. The molecule has 1 aromatic carbocycles. The van der Waals surface area contributed by atoms with Crippen LogP contribution in [0, 0.1) is 0 Å². The topological polar surface area (TPSA) is 63.2 Å². The van der Waals surface area contributed by atoms with Crippen LogP contribution in [0.4, 0.5) is 13.2 Å². The standard InChI is InChI=1S/C20H11ClF3N3O2/c21-16-9-25-12(7-15(16)11-5-6-17(26-8-11)20(22,23)24)10-27-18(28)13-3-1-2-4-14(13)19(27)29/h1-9H,10H2. The minimum Gasteiger partial charge on any atom is -0.269 e. The van der Waals surface area contributed by atoms with Crippen molar-refractivity contribution in [3.05, 3.63) is 82.4 Å². The van der Waals surface area contributed by atoms with E-state index in [9.17, 15) is 22.8 Å². The number of hydrogen-bond acceptors (Lipinski definition) is 4. The Labute approximate surface area is 167 Å². The molecule has 4 rings (SSSR count). The van der Waals surface area contributed by atoms with Crippen LogP contribution in [-0.4, -0.2) is 26.7 Å². The Morgan fingerprint density at radius 2 is 1.55 bits per heavy atom. The first-order valence-electron chi connectivity index (χ1n) is 8.39. The Kier molecular flexibility index (Phi) is 4.58. The van der Waals surface area contributed by atoms with Gasteiger partial charge in [-0.25, -0.2) is 0 Å². The van der Waals surface area contributed by atoms with Crippen LogP contribution >= 0.6 is 11.6 Å². The molecule has 2 amide bonds. The second-order valence-electron chi connectivity index (χ2n) is 6.33. The molecule has 0 aliphatic carbocycles. The van der Waals surface area contributed by atoms with Crippen LogP contribution in [0.3, 0.4) is 0 Å². The normalized spacial score (nSPS) is 13.7. The lowest BCUT2D eigenvalue weighted by molar-refractivity contribution is -0.141. The van der Waals surface area contributed by atoms with Crippen molar-refractivity contribution in [2.45, 2.75) is 12.7 Å². The molecule has 3 aromatic rings. The van der Waals surface area contributed by atoms with Crippen molar-refractivity contribution in [1.29, 1.82) is 0 Å². The van der Waals surface area contributed by atoms with Gasteiger partial charge < -0.3 is 0 Å². The molecule has 0 N–H and O–H groups in total. The number of hydrogen-bond donors (Lipinski definition) is 0. The molecule has 5 nitrogen and oxygen atoms in total. The van der Waals surface area contributed by atoms with Crippen LogP contribution in [-0.2, 0) is 12.7 Å². The van der Waals surface area contributed by atoms with E-state index in [1.807, 2.05) is 0 Å². The van der Waals surface area contributed by atoms with E-state index in [1.165, 1.54) is 18.3 Å². The number of alkyl halides is 3. The smallest absolute Gasteiger partial charge is 0.269 e. The van der Waals surface area contributed by atoms with Crippen molar-refractivity contribution in [3.8, 4) is 11.1 Å². The van der Waals surface area contributed by atoms with Crippen LogP contribution in [0.5, 0.6) is 0 Å². The van der Waals surface area contributed by atoms with Gasteiger partial charge in [-0.3, -0.25) is 24.5 Å². The predicted octanol–water partition coefficient (Wildman–Crippen LogP) is 4.61. The highest BCUT2D eigenvalue weighted by Crippen LogP contribution is 2.32. The molecule has 0 saturated heterocycles. The minimum atomic E-state index is -4.54. The number of nitrogens with zero attached hydrogens (tertiary/aromatic N) is 3. The van der Waals surface area contributed by atoms with Crippen LogP contribution in [0.1, 0.15) is 32.1 Å². The third-order valence-electron chi connectivity index (χ3n) is 4.48. The van der Waals surface area contributed by atoms with E-state index < -0.39 is 23.7 Å². The van der Waals surface area contributed by atoms with E-state index >= 15 is 0 Å². The lowest BCUT2D eigenvalue weighted by Gasteiger charge is -2.14. The molecule has 0 saturated carbocycles. The summed E-state index contributed by atoms with van der Waals surface area (Å²) in [4.78, 5) is 33.6. The number of benzene rings is 1. The van der Waals surface area contributed by atoms with Gasteiger partial charge in [0.05, 0.1) is 28.4 Å². The fourth-order valence-corrected chi connectivity index (χ4v) is 3.27. The average molecular weight is 418 g/mol. The van der Waals surface area contributed by atoms with Crippen LogP contribution in [0.2, 0.25) is 5.02 Å². The maximum atomic E-state index is 12.7. The first-order chi connectivity index (χ1) is 13.8. The summed E-state index contributed by atoms with van der Waals surface area (Å²) in [6, 6.07) is 10.1. The van der Waals surface area contributed by atoms with Gasteiger partial charge >= 0.3 is 6.18 Å². The third-order valence-corrected chi connectivity index (χ3v) is 4.78. The number of pyridine rings is 2. The van der Waals surface area contributed by atoms with Crippen LogP contribution in [0.15, 0.2) is 54.9 Å². The molecule has 2 aromatic heterocycles. The van der Waals surface area contributed by atoms with E-state index in [0.717, 1.165) is 17.2 Å². The second kappa shape index (κ2) is 6.97. The minimum absolute atomic E-state index is 0.0927. The zero-order valence-electron chi connectivity index (χ0n) is 14.6. The summed E-state index contributed by atoms with van der Waals surface area (Å²) in [7, 11) is 0. The van der Waals surface area contributed by atoms with Gasteiger partial charge in [0, 0.05) is 23.5 Å². The first kappa shape index (κ1) is 19.1. The summed E-state index contributed by atoms with van der Waals surface area (Å²) < 4.78 is 38.1. The maximum Gasteiger partial charge on any atom is 0.433 e. The molecule has 1 aliphatic heterocycles. The predicted molar refractivity (Wildman–Crippen MR) is 98.1 cm³/mol. The molecule has 1 aliphatic rings. The van der Waals surface area contributed by atoms with Gasteiger partial charge in [0.15, 0.2) is 0 Å². The van der Waals surface area contributed by atoms with E-state index in [1.54, 1.807) is 24.3 Å². The molecular weight excluding hydrogens is 407 g/mol. The number of carbonyl (C=O) groups is 2. The lowest BCUT2D eigenvalue weighted by Crippen LogP contribution is -2.29. The van der Waals surface area contributed by atoms with Crippen molar-refractivity contribution in [2.75, 3.05) is 0 Å². The molecule has 0 fully saturated rings. The molecule has 0 atom stereocenters. The molecule has 146 valence electrons. The Bertz CT molecular complexity index is 1100. The van der Waals surface area contributed by atoms with Gasteiger partial charge in [0.25, 0.3) is 11.8 Å². The van der Waals surface area contributed by atoms with Crippen molar-refractivity contribution in [1.82, 2.24) is 14.9 Å². The highest BCUT2D eigenvalue weighted by molar-refractivity contribution is 6.33. The lowest BCUT2D eigenvalue weighted by atomic mass is 10.1. The average Bonchev–Trinajstić information content (AvgIpc) is 2.94. The summed E-state index contributed by atoms with van der Waals surface area (Å²) in [5, 5.41) is 0.206. The van der Waals surface area contributed by atoms with Gasteiger partial charge in [-0.15, -0.1) is 0 Å². The summed E-state index contributed by atoms with van der Waals surface area (Å²) in [5.41, 5.74) is 0.734. The van der Waals surface area contributed by atoms with Crippen molar-refractivity contribution in [3.63, 3.8) is 0 Å². The van der Waals surface area contributed by atoms with Gasteiger partial charge in [-0.1, -0.05) is 29.8 Å². The Morgan fingerprint density at radius 1 is 0.897 bits per heavy atom. The SMILES string of the molecule is O=C1c2ccccc2C(=O)N1Cc1cc(-c2ccc(C(F)(F)F)nc2)c(Cl)cn1. The van der Waals surface area contributed by atoms with Gasteiger partial charge in [-0.2, -0.15) is 13.2 Å². The molecule has 9 heteroatoms. The van der Waals surface area contributed by atoms with Crippen LogP contribution < -0.4 is 0 Å². The fourth-order valence-electron chi connectivity index (χ4n) is 3.06. The molecular formula is C20H11ClF3N3O2. The van der Waals surface area contributed by atoms with E-state index in [-0.39, 0.29) is 11.6 Å². The Morgan fingerprint density at radius 3 is 2.10 bits per heavy atom.